The van der Waals surface area contributed by atoms with Crippen LogP contribution in [0, 0.1) is 12.3 Å². The molecule has 0 aromatic carbocycles. The molecule has 0 bridgehead atoms. The summed E-state index contributed by atoms with van der Waals surface area (Å²) in [6, 6.07) is 0. The van der Waals surface area contributed by atoms with E-state index in [0.717, 1.165) is 5.56 Å². The molecule has 0 saturated carbocycles. The van der Waals surface area contributed by atoms with Crippen molar-refractivity contribution >= 4 is 5.96 Å². The van der Waals surface area contributed by atoms with Gasteiger partial charge in [0.25, 0.3) is 0 Å². The van der Waals surface area contributed by atoms with E-state index in [2.05, 4.69) is 26.6 Å². The van der Waals surface area contributed by atoms with Gasteiger partial charge in [0, 0.05) is 32.4 Å². The highest BCUT2D eigenvalue weighted by Gasteiger charge is 2.09. The Kier molecular flexibility index (Phi) is 5.04. The molecular formula is C11H17N5O. The summed E-state index contributed by atoms with van der Waals surface area (Å²) in [4.78, 5) is 3.96. The first-order valence-electron chi connectivity index (χ1n) is 5.22. The van der Waals surface area contributed by atoms with Crippen molar-refractivity contribution in [2.45, 2.75) is 6.10 Å². The average Bonchev–Trinajstić information content (AvgIpc) is 2.76. The number of nitrogens with zero attached hydrogens (tertiary/aromatic N) is 3. The highest BCUT2D eigenvalue weighted by Crippen LogP contribution is 2.09. The van der Waals surface area contributed by atoms with E-state index >= 15 is 0 Å². The van der Waals surface area contributed by atoms with Crippen molar-refractivity contribution in [1.82, 2.24) is 20.4 Å². The molecule has 0 radical (unpaired) electrons. The van der Waals surface area contributed by atoms with E-state index in [9.17, 15) is 5.11 Å². The SMILES string of the molecule is C#CCNC(=NC)NCC(O)c1cnn(C)c1. The zero-order valence-electron chi connectivity index (χ0n) is 10.0. The Labute approximate surface area is 101 Å². The molecule has 1 unspecified atom stereocenters. The summed E-state index contributed by atoms with van der Waals surface area (Å²) in [5.74, 6) is 3.01. The van der Waals surface area contributed by atoms with Gasteiger partial charge in [0.2, 0.25) is 0 Å². The molecule has 0 aliphatic carbocycles. The second-order valence-electron chi connectivity index (χ2n) is 3.47. The van der Waals surface area contributed by atoms with Gasteiger partial charge in [-0.15, -0.1) is 6.42 Å². The maximum atomic E-state index is 9.86. The molecule has 1 rings (SSSR count). The minimum Gasteiger partial charge on any atom is -0.386 e. The monoisotopic (exact) mass is 235 g/mol. The van der Waals surface area contributed by atoms with Crippen LogP contribution in [0.2, 0.25) is 0 Å². The van der Waals surface area contributed by atoms with Crippen LogP contribution in [0.5, 0.6) is 0 Å². The highest BCUT2D eigenvalue weighted by molar-refractivity contribution is 5.79. The number of nitrogens with one attached hydrogen (secondary N) is 2. The fourth-order valence-corrected chi connectivity index (χ4v) is 1.28. The highest BCUT2D eigenvalue weighted by atomic mass is 16.3. The van der Waals surface area contributed by atoms with Crippen molar-refractivity contribution in [3.05, 3.63) is 18.0 Å². The summed E-state index contributed by atoms with van der Waals surface area (Å²) in [6.07, 6.45) is 7.89. The summed E-state index contributed by atoms with van der Waals surface area (Å²) < 4.78 is 1.64. The maximum absolute atomic E-state index is 9.86. The third-order valence-corrected chi connectivity index (χ3v) is 2.15. The summed E-state index contributed by atoms with van der Waals surface area (Å²) in [5, 5.41) is 19.7. The normalized spacial score (nSPS) is 12.9. The van der Waals surface area contributed by atoms with Crippen LogP contribution in [0.25, 0.3) is 0 Å². The van der Waals surface area contributed by atoms with Gasteiger partial charge in [0.05, 0.1) is 18.8 Å². The van der Waals surface area contributed by atoms with E-state index in [1.165, 1.54) is 0 Å². The lowest BCUT2D eigenvalue weighted by Crippen LogP contribution is -2.39. The molecule has 0 spiro atoms. The quantitative estimate of drug-likeness (QED) is 0.365. The minimum absolute atomic E-state index is 0.343. The van der Waals surface area contributed by atoms with Crippen molar-refractivity contribution in [3.63, 3.8) is 0 Å². The van der Waals surface area contributed by atoms with Crippen LogP contribution in [0.1, 0.15) is 11.7 Å². The molecule has 3 N–H and O–H groups in total. The van der Waals surface area contributed by atoms with E-state index in [0.29, 0.717) is 19.0 Å². The predicted octanol–water partition coefficient (Wildman–Crippen LogP) is -0.748. The van der Waals surface area contributed by atoms with Crippen LogP contribution in [0.3, 0.4) is 0 Å². The first-order chi connectivity index (χ1) is 8.17. The third-order valence-electron chi connectivity index (χ3n) is 2.15. The molecule has 0 amide bonds. The smallest absolute Gasteiger partial charge is 0.191 e. The van der Waals surface area contributed by atoms with Gasteiger partial charge >= 0.3 is 0 Å². The first kappa shape index (κ1) is 13.1. The molecule has 0 fully saturated rings. The van der Waals surface area contributed by atoms with Gasteiger partial charge in [-0.1, -0.05) is 5.92 Å². The lowest BCUT2D eigenvalue weighted by atomic mass is 10.2. The fraction of sp³-hybridized carbons (Fsp3) is 0.455. The van der Waals surface area contributed by atoms with E-state index in [4.69, 9.17) is 6.42 Å². The first-order valence-corrected chi connectivity index (χ1v) is 5.22. The molecule has 6 heteroatoms. The Balaban J connectivity index is 2.42. The summed E-state index contributed by atoms with van der Waals surface area (Å²) in [6.45, 7) is 0.735. The van der Waals surface area contributed by atoms with Gasteiger partial charge in [0.15, 0.2) is 5.96 Å². The Morgan fingerprint density at radius 1 is 1.71 bits per heavy atom. The van der Waals surface area contributed by atoms with Crippen LogP contribution in [-0.2, 0) is 7.05 Å². The summed E-state index contributed by atoms with van der Waals surface area (Å²) in [5.41, 5.74) is 0.757. The zero-order chi connectivity index (χ0) is 12.7. The topological polar surface area (TPSA) is 74.5 Å². The second kappa shape index (κ2) is 6.55. The molecule has 1 atom stereocenters. The molecule has 1 heterocycles. The molecule has 17 heavy (non-hydrogen) atoms. The van der Waals surface area contributed by atoms with Gasteiger partial charge in [-0.25, -0.2) is 0 Å². The van der Waals surface area contributed by atoms with Crippen LogP contribution >= 0.6 is 0 Å². The number of guanidine groups is 1. The van der Waals surface area contributed by atoms with E-state index in [1.807, 2.05) is 0 Å². The largest absolute Gasteiger partial charge is 0.386 e. The van der Waals surface area contributed by atoms with Gasteiger partial charge < -0.3 is 15.7 Å². The number of hydrogen-bond donors (Lipinski definition) is 3. The van der Waals surface area contributed by atoms with Crippen molar-refractivity contribution in [3.8, 4) is 12.3 Å². The number of hydrogen-bond acceptors (Lipinski definition) is 3. The van der Waals surface area contributed by atoms with Crippen molar-refractivity contribution in [1.29, 1.82) is 0 Å². The number of rotatable bonds is 4. The molecular weight excluding hydrogens is 218 g/mol. The average molecular weight is 235 g/mol. The van der Waals surface area contributed by atoms with Crippen molar-refractivity contribution in [2.75, 3.05) is 20.1 Å². The second-order valence-corrected chi connectivity index (χ2v) is 3.47. The number of aromatic nitrogens is 2. The minimum atomic E-state index is -0.631. The Morgan fingerprint density at radius 2 is 2.47 bits per heavy atom. The van der Waals surface area contributed by atoms with Gasteiger partial charge in [-0.05, 0) is 0 Å². The van der Waals surface area contributed by atoms with Crippen molar-refractivity contribution in [2.24, 2.45) is 12.0 Å². The maximum Gasteiger partial charge on any atom is 0.191 e. The molecule has 0 saturated heterocycles. The zero-order valence-corrected chi connectivity index (χ0v) is 10.0. The Morgan fingerprint density at radius 3 is 3.00 bits per heavy atom. The summed E-state index contributed by atoms with van der Waals surface area (Å²) in [7, 11) is 3.44. The molecule has 92 valence electrons. The molecule has 6 nitrogen and oxygen atoms in total. The van der Waals surface area contributed by atoms with E-state index in [1.54, 1.807) is 31.2 Å². The lowest BCUT2D eigenvalue weighted by molar-refractivity contribution is 0.181. The standard InChI is InChI=1S/C11H17N5O/c1-4-5-13-11(12-2)14-7-10(17)9-6-15-16(3)8-9/h1,6,8,10,17H,5,7H2,2-3H3,(H2,12,13,14). The Bertz CT molecular complexity index is 418. The van der Waals surface area contributed by atoms with Crippen LogP contribution < -0.4 is 10.6 Å². The number of terminal acetylenes is 1. The third kappa shape index (κ3) is 4.17. The molecule has 0 aliphatic rings. The lowest BCUT2D eigenvalue weighted by Gasteiger charge is -2.13. The van der Waals surface area contributed by atoms with Crippen molar-refractivity contribution < 1.29 is 5.11 Å². The van der Waals surface area contributed by atoms with Gasteiger partial charge in [-0.3, -0.25) is 9.67 Å². The van der Waals surface area contributed by atoms with Gasteiger partial charge in [-0.2, -0.15) is 5.10 Å². The molecule has 1 aromatic heterocycles. The summed E-state index contributed by atoms with van der Waals surface area (Å²) >= 11 is 0. The van der Waals surface area contributed by atoms with Crippen LogP contribution in [-0.4, -0.2) is 41.0 Å². The number of aliphatic imine (C=N–C) groups is 1. The van der Waals surface area contributed by atoms with Crippen LogP contribution in [0.4, 0.5) is 0 Å². The van der Waals surface area contributed by atoms with Gasteiger partial charge in [0.1, 0.15) is 0 Å². The molecule has 1 aromatic rings. The predicted molar refractivity (Wildman–Crippen MR) is 66.4 cm³/mol. The van der Waals surface area contributed by atoms with E-state index in [-0.39, 0.29) is 0 Å². The fourth-order valence-electron chi connectivity index (χ4n) is 1.28. The molecule has 0 aliphatic heterocycles. The number of aryl methyl sites for hydroxylation is 1. The van der Waals surface area contributed by atoms with E-state index < -0.39 is 6.10 Å². The Hall–Kier alpha value is -2.00. The van der Waals surface area contributed by atoms with Crippen LogP contribution in [0.15, 0.2) is 17.4 Å². The number of aliphatic hydroxyl groups is 1. The number of aliphatic hydroxyl groups excluding tert-OH is 1.